The fraction of sp³-hybridized carbons (Fsp3) is 0.286. The van der Waals surface area contributed by atoms with E-state index in [1.807, 2.05) is 0 Å². The van der Waals surface area contributed by atoms with Gasteiger partial charge in [0.25, 0.3) is 0 Å². The fourth-order valence-corrected chi connectivity index (χ4v) is 3.91. The molecular weight excluding hydrogens is 351 g/mol. The van der Waals surface area contributed by atoms with E-state index in [2.05, 4.69) is 0 Å². The third-order valence-electron chi connectivity index (χ3n) is 3.24. The number of halogens is 2. The first kappa shape index (κ1) is 15.4. The molecule has 0 radical (unpaired) electrons. The minimum absolute atomic E-state index is 0.200. The lowest BCUT2D eigenvalue weighted by Crippen LogP contribution is -2.22. The minimum Gasteiger partial charge on any atom is -0.495 e. The topological polar surface area (TPSA) is 61.8 Å². The number of methoxy groups -OCH3 is 1. The van der Waals surface area contributed by atoms with Crippen molar-refractivity contribution in [3.63, 3.8) is 0 Å². The Bertz CT molecular complexity index is 770. The molecule has 8 heteroatoms. The van der Waals surface area contributed by atoms with Crippen LogP contribution in [0.15, 0.2) is 12.1 Å². The first-order valence-corrected chi connectivity index (χ1v) is 7.92. The van der Waals surface area contributed by atoms with Gasteiger partial charge in [-0.3, -0.25) is 0 Å². The Morgan fingerprint density at radius 2 is 2.14 bits per heavy atom. The van der Waals surface area contributed by atoms with Crippen molar-refractivity contribution in [3.05, 3.63) is 27.1 Å². The summed E-state index contributed by atoms with van der Waals surface area (Å²) in [5, 5.41) is 1.27. The van der Waals surface area contributed by atoms with Crippen LogP contribution in [0.3, 0.4) is 0 Å². The van der Waals surface area contributed by atoms with E-state index in [1.54, 1.807) is 12.1 Å². The molecule has 1 fully saturated rings. The molecule has 1 saturated heterocycles. The molecule has 1 aromatic heterocycles. The SMILES string of the molecule is COc1ccc2c(Cl)c(C(=O)O[C@H]3CCOC3=O)sc2c1Cl. The zero-order chi connectivity index (χ0) is 15.9. The minimum atomic E-state index is -0.876. The predicted molar refractivity (Wildman–Crippen MR) is 83.2 cm³/mol. The number of benzene rings is 1. The maximum atomic E-state index is 12.2. The highest BCUT2D eigenvalue weighted by molar-refractivity contribution is 7.22. The zero-order valence-electron chi connectivity index (χ0n) is 11.4. The van der Waals surface area contributed by atoms with Crippen LogP contribution in [0.4, 0.5) is 0 Å². The number of thiophene rings is 1. The van der Waals surface area contributed by atoms with E-state index >= 15 is 0 Å². The first-order chi connectivity index (χ1) is 10.5. The molecule has 22 heavy (non-hydrogen) atoms. The molecule has 1 aromatic carbocycles. The van der Waals surface area contributed by atoms with Crippen LogP contribution in [0.2, 0.25) is 10.0 Å². The Morgan fingerprint density at radius 1 is 1.36 bits per heavy atom. The quantitative estimate of drug-likeness (QED) is 0.781. The van der Waals surface area contributed by atoms with Crippen molar-refractivity contribution < 1.29 is 23.8 Å². The molecule has 0 saturated carbocycles. The van der Waals surface area contributed by atoms with Crippen molar-refractivity contribution in [1.29, 1.82) is 0 Å². The number of cyclic esters (lactones) is 1. The normalized spacial score (nSPS) is 17.6. The van der Waals surface area contributed by atoms with Gasteiger partial charge >= 0.3 is 11.9 Å². The van der Waals surface area contributed by atoms with Gasteiger partial charge in [-0.05, 0) is 12.1 Å². The summed E-state index contributed by atoms with van der Waals surface area (Å²) in [5.41, 5.74) is 0. The lowest BCUT2D eigenvalue weighted by molar-refractivity contribution is -0.145. The highest BCUT2D eigenvalue weighted by Gasteiger charge is 2.32. The van der Waals surface area contributed by atoms with E-state index in [-0.39, 0.29) is 16.5 Å². The summed E-state index contributed by atoms with van der Waals surface area (Å²) in [5.74, 6) is -0.707. The van der Waals surface area contributed by atoms with Crippen molar-refractivity contribution in [2.75, 3.05) is 13.7 Å². The lowest BCUT2D eigenvalue weighted by Gasteiger charge is -2.06. The van der Waals surface area contributed by atoms with Gasteiger partial charge < -0.3 is 14.2 Å². The van der Waals surface area contributed by atoms with E-state index in [0.717, 1.165) is 11.3 Å². The van der Waals surface area contributed by atoms with E-state index in [4.69, 9.17) is 37.4 Å². The van der Waals surface area contributed by atoms with Gasteiger partial charge in [0, 0.05) is 11.8 Å². The Hall–Kier alpha value is -1.50. The first-order valence-electron chi connectivity index (χ1n) is 6.35. The largest absolute Gasteiger partial charge is 0.495 e. The zero-order valence-corrected chi connectivity index (χ0v) is 13.7. The number of esters is 2. The highest BCUT2D eigenvalue weighted by Crippen LogP contribution is 2.43. The van der Waals surface area contributed by atoms with Gasteiger partial charge in [0.05, 0.1) is 23.4 Å². The van der Waals surface area contributed by atoms with Crippen molar-refractivity contribution in [2.24, 2.45) is 0 Å². The Labute approximate surface area is 139 Å². The average molecular weight is 361 g/mol. The smallest absolute Gasteiger partial charge is 0.350 e. The van der Waals surface area contributed by atoms with Crippen molar-refractivity contribution in [3.8, 4) is 5.75 Å². The lowest BCUT2D eigenvalue weighted by atomic mass is 10.2. The highest BCUT2D eigenvalue weighted by atomic mass is 35.5. The van der Waals surface area contributed by atoms with Gasteiger partial charge in [-0.1, -0.05) is 23.2 Å². The molecule has 1 atom stereocenters. The summed E-state index contributed by atoms with van der Waals surface area (Å²) in [6, 6.07) is 3.40. The molecule has 0 bridgehead atoms. The molecule has 5 nitrogen and oxygen atoms in total. The molecule has 1 aliphatic rings. The maximum absolute atomic E-state index is 12.2. The molecule has 0 N–H and O–H groups in total. The number of rotatable bonds is 3. The molecule has 2 aromatic rings. The Morgan fingerprint density at radius 3 is 2.77 bits per heavy atom. The fourth-order valence-electron chi connectivity index (χ4n) is 2.14. The number of carbonyl (C=O) groups is 2. The van der Waals surface area contributed by atoms with E-state index in [1.165, 1.54) is 7.11 Å². The van der Waals surface area contributed by atoms with Gasteiger partial charge in [-0.15, -0.1) is 11.3 Å². The third-order valence-corrected chi connectivity index (χ3v) is 5.44. The second-order valence-corrected chi connectivity index (χ2v) is 6.33. The summed E-state index contributed by atoms with van der Waals surface area (Å²) in [6.07, 6.45) is -0.527. The molecule has 3 rings (SSSR count). The van der Waals surface area contributed by atoms with Crippen molar-refractivity contribution >= 4 is 56.6 Å². The number of hydrogen-bond acceptors (Lipinski definition) is 6. The van der Waals surface area contributed by atoms with Gasteiger partial charge in [-0.2, -0.15) is 0 Å². The van der Waals surface area contributed by atoms with Crippen LogP contribution in [0.5, 0.6) is 5.75 Å². The number of fused-ring (bicyclic) bond motifs is 1. The van der Waals surface area contributed by atoms with Crippen LogP contribution in [0.1, 0.15) is 16.1 Å². The molecule has 0 aliphatic carbocycles. The monoisotopic (exact) mass is 360 g/mol. The standard InChI is InChI=1S/C14H10Cl2O5S/c1-19-7-3-2-6-9(15)12(22-11(6)10(7)16)14(18)21-8-4-5-20-13(8)17/h2-3,8H,4-5H2,1H3/t8-/m0/s1. The Kier molecular flexibility index (Phi) is 4.16. The molecular formula is C14H10Cl2O5S. The van der Waals surface area contributed by atoms with Gasteiger partial charge in [-0.25, -0.2) is 9.59 Å². The summed E-state index contributed by atoms with van der Waals surface area (Å²) in [7, 11) is 1.50. The number of hydrogen-bond donors (Lipinski definition) is 0. The number of carbonyl (C=O) groups excluding carboxylic acids is 2. The molecule has 2 heterocycles. The molecule has 0 spiro atoms. The predicted octanol–water partition coefficient (Wildman–Crippen LogP) is 3.69. The van der Waals surface area contributed by atoms with Crippen LogP contribution >= 0.6 is 34.5 Å². The number of ether oxygens (including phenoxy) is 3. The summed E-state index contributed by atoms with van der Waals surface area (Å²) in [6.45, 7) is 0.250. The summed E-state index contributed by atoms with van der Waals surface area (Å²) < 4.78 is 15.7. The van der Waals surface area contributed by atoms with Gasteiger partial charge in [0.15, 0.2) is 0 Å². The van der Waals surface area contributed by atoms with Crippen molar-refractivity contribution in [1.82, 2.24) is 0 Å². The van der Waals surface area contributed by atoms with Crippen LogP contribution in [-0.4, -0.2) is 31.8 Å². The Balaban J connectivity index is 1.97. The second-order valence-electron chi connectivity index (χ2n) is 4.55. The maximum Gasteiger partial charge on any atom is 0.350 e. The molecule has 1 aliphatic heterocycles. The van der Waals surface area contributed by atoms with Crippen molar-refractivity contribution in [2.45, 2.75) is 12.5 Å². The van der Waals surface area contributed by atoms with Crippen LogP contribution in [-0.2, 0) is 14.3 Å². The van der Waals surface area contributed by atoms with E-state index in [0.29, 0.717) is 27.3 Å². The molecule has 0 amide bonds. The van der Waals surface area contributed by atoms with E-state index < -0.39 is 18.0 Å². The third kappa shape index (κ3) is 2.51. The van der Waals surface area contributed by atoms with Crippen LogP contribution in [0.25, 0.3) is 10.1 Å². The van der Waals surface area contributed by atoms with Gasteiger partial charge in [0.2, 0.25) is 6.10 Å². The average Bonchev–Trinajstić information content (AvgIpc) is 3.05. The van der Waals surface area contributed by atoms with Crippen LogP contribution < -0.4 is 4.74 Å². The van der Waals surface area contributed by atoms with Crippen LogP contribution in [0, 0.1) is 0 Å². The molecule has 0 unspecified atom stereocenters. The summed E-state index contributed by atoms with van der Waals surface area (Å²) in [4.78, 5) is 23.8. The second kappa shape index (κ2) is 5.95. The summed E-state index contributed by atoms with van der Waals surface area (Å²) >= 11 is 13.6. The van der Waals surface area contributed by atoms with E-state index in [9.17, 15) is 9.59 Å². The molecule has 116 valence electrons. The van der Waals surface area contributed by atoms with Gasteiger partial charge in [0.1, 0.15) is 15.6 Å².